The standard InChI is InChI=1S/C7H12O3S/c8-4-3-7-2-1-5-11(9,10)6-7/h4,7H,1-3,5-6H2. The molecule has 0 spiro atoms. The average molecular weight is 176 g/mol. The topological polar surface area (TPSA) is 51.2 Å². The van der Waals surface area contributed by atoms with Gasteiger partial charge in [0, 0.05) is 6.42 Å². The lowest BCUT2D eigenvalue weighted by molar-refractivity contribution is -0.108. The molecule has 11 heavy (non-hydrogen) atoms. The van der Waals surface area contributed by atoms with Crippen LogP contribution in [-0.2, 0) is 14.6 Å². The molecule has 1 atom stereocenters. The van der Waals surface area contributed by atoms with Gasteiger partial charge in [-0.05, 0) is 18.8 Å². The summed E-state index contributed by atoms with van der Waals surface area (Å²) in [7, 11) is -2.81. The van der Waals surface area contributed by atoms with E-state index in [4.69, 9.17) is 0 Å². The van der Waals surface area contributed by atoms with Crippen molar-refractivity contribution in [2.24, 2.45) is 5.92 Å². The third kappa shape index (κ3) is 2.61. The van der Waals surface area contributed by atoms with Crippen LogP contribution in [0.1, 0.15) is 19.3 Å². The summed E-state index contributed by atoms with van der Waals surface area (Å²) < 4.78 is 22.0. The lowest BCUT2D eigenvalue weighted by atomic mass is 10.0. The monoisotopic (exact) mass is 176 g/mol. The van der Waals surface area contributed by atoms with E-state index in [0.29, 0.717) is 12.2 Å². The Bertz CT molecular complexity index is 230. The van der Waals surface area contributed by atoms with Crippen molar-refractivity contribution in [3.05, 3.63) is 0 Å². The molecule has 0 saturated carbocycles. The smallest absolute Gasteiger partial charge is 0.150 e. The average Bonchev–Trinajstić information content (AvgIpc) is 1.85. The normalized spacial score (nSPS) is 29.6. The highest BCUT2D eigenvalue weighted by Gasteiger charge is 2.23. The molecule has 0 N–H and O–H groups in total. The fourth-order valence-electron chi connectivity index (χ4n) is 1.44. The van der Waals surface area contributed by atoms with Gasteiger partial charge in [-0.2, -0.15) is 0 Å². The van der Waals surface area contributed by atoms with Gasteiger partial charge in [0.15, 0.2) is 9.84 Å². The van der Waals surface area contributed by atoms with Gasteiger partial charge in [-0.25, -0.2) is 8.42 Å². The minimum Gasteiger partial charge on any atom is -0.303 e. The van der Waals surface area contributed by atoms with Gasteiger partial charge in [-0.1, -0.05) is 0 Å². The molecule has 0 bridgehead atoms. The van der Waals surface area contributed by atoms with Gasteiger partial charge in [-0.3, -0.25) is 0 Å². The summed E-state index contributed by atoms with van der Waals surface area (Å²) in [5.74, 6) is 0.611. The number of sulfone groups is 1. The van der Waals surface area contributed by atoms with Crippen LogP contribution in [0.4, 0.5) is 0 Å². The first-order valence-corrected chi connectivity index (χ1v) is 5.60. The van der Waals surface area contributed by atoms with Gasteiger partial charge in [0.1, 0.15) is 6.29 Å². The van der Waals surface area contributed by atoms with E-state index in [1.54, 1.807) is 0 Å². The number of hydrogen-bond donors (Lipinski definition) is 0. The molecule has 1 fully saturated rings. The second-order valence-electron chi connectivity index (χ2n) is 3.02. The van der Waals surface area contributed by atoms with E-state index in [0.717, 1.165) is 19.1 Å². The SMILES string of the molecule is O=CCC1CCCS(=O)(=O)C1. The maximum absolute atomic E-state index is 11.0. The van der Waals surface area contributed by atoms with Gasteiger partial charge in [-0.15, -0.1) is 0 Å². The molecule has 0 aliphatic carbocycles. The molecule has 0 radical (unpaired) electrons. The van der Waals surface area contributed by atoms with Crippen molar-refractivity contribution >= 4 is 16.1 Å². The Kier molecular flexibility index (Phi) is 2.65. The molecule has 1 aliphatic heterocycles. The summed E-state index contributed by atoms with van der Waals surface area (Å²) in [5, 5.41) is 0. The molecular weight excluding hydrogens is 164 g/mol. The van der Waals surface area contributed by atoms with Crippen LogP contribution < -0.4 is 0 Å². The van der Waals surface area contributed by atoms with E-state index >= 15 is 0 Å². The zero-order valence-corrected chi connectivity index (χ0v) is 7.14. The van der Waals surface area contributed by atoms with Crippen molar-refractivity contribution in [3.63, 3.8) is 0 Å². The fourth-order valence-corrected chi connectivity index (χ4v) is 3.23. The Morgan fingerprint density at radius 2 is 2.18 bits per heavy atom. The Labute approximate surface area is 66.7 Å². The summed E-state index contributed by atoms with van der Waals surface area (Å²) in [6, 6.07) is 0. The lowest BCUT2D eigenvalue weighted by Crippen LogP contribution is -2.25. The number of aldehydes is 1. The number of hydrogen-bond acceptors (Lipinski definition) is 3. The van der Waals surface area contributed by atoms with E-state index < -0.39 is 9.84 Å². The summed E-state index contributed by atoms with van der Waals surface area (Å²) in [6.45, 7) is 0. The van der Waals surface area contributed by atoms with Crippen molar-refractivity contribution in [2.45, 2.75) is 19.3 Å². The first kappa shape index (κ1) is 8.71. The van der Waals surface area contributed by atoms with Crippen LogP contribution in [-0.4, -0.2) is 26.2 Å². The van der Waals surface area contributed by atoms with Crippen molar-refractivity contribution in [2.75, 3.05) is 11.5 Å². The molecule has 1 aliphatic rings. The molecule has 1 heterocycles. The minimum absolute atomic E-state index is 0.0891. The van der Waals surface area contributed by atoms with Crippen molar-refractivity contribution in [3.8, 4) is 0 Å². The lowest BCUT2D eigenvalue weighted by Gasteiger charge is -2.19. The van der Waals surface area contributed by atoms with Crippen LogP contribution in [0.15, 0.2) is 0 Å². The number of rotatable bonds is 2. The Balaban J connectivity index is 2.53. The van der Waals surface area contributed by atoms with E-state index in [1.807, 2.05) is 0 Å². The maximum atomic E-state index is 11.0. The third-order valence-corrected chi connectivity index (χ3v) is 3.88. The zero-order valence-electron chi connectivity index (χ0n) is 6.32. The minimum atomic E-state index is -2.81. The van der Waals surface area contributed by atoms with Gasteiger partial charge < -0.3 is 4.79 Å². The summed E-state index contributed by atoms with van der Waals surface area (Å²) in [4.78, 5) is 10.1. The van der Waals surface area contributed by atoms with Gasteiger partial charge in [0.2, 0.25) is 0 Å². The number of carbonyl (C=O) groups excluding carboxylic acids is 1. The fraction of sp³-hybridized carbons (Fsp3) is 0.857. The van der Waals surface area contributed by atoms with Crippen LogP contribution in [0.5, 0.6) is 0 Å². The van der Waals surface area contributed by atoms with E-state index in [-0.39, 0.29) is 11.7 Å². The van der Waals surface area contributed by atoms with Gasteiger partial charge >= 0.3 is 0 Å². The highest BCUT2D eigenvalue weighted by Crippen LogP contribution is 2.19. The third-order valence-electron chi connectivity index (χ3n) is 1.99. The largest absolute Gasteiger partial charge is 0.303 e. The first-order valence-electron chi connectivity index (χ1n) is 3.78. The Morgan fingerprint density at radius 3 is 2.73 bits per heavy atom. The van der Waals surface area contributed by atoms with Crippen molar-refractivity contribution in [1.29, 1.82) is 0 Å². The molecule has 64 valence electrons. The van der Waals surface area contributed by atoms with Crippen LogP contribution in [0, 0.1) is 5.92 Å². The summed E-state index contributed by atoms with van der Waals surface area (Å²) >= 11 is 0. The highest BCUT2D eigenvalue weighted by atomic mass is 32.2. The molecule has 0 amide bonds. The van der Waals surface area contributed by atoms with Gasteiger partial charge in [0.05, 0.1) is 11.5 Å². The molecule has 0 aromatic rings. The molecule has 3 nitrogen and oxygen atoms in total. The molecular formula is C7H12O3S. The van der Waals surface area contributed by atoms with Crippen LogP contribution in [0.2, 0.25) is 0 Å². The predicted molar refractivity (Wildman–Crippen MR) is 42.1 cm³/mol. The zero-order chi connectivity index (χ0) is 8.32. The van der Waals surface area contributed by atoms with Crippen LogP contribution in [0.25, 0.3) is 0 Å². The molecule has 0 aromatic carbocycles. The predicted octanol–water partition coefficient (Wildman–Crippen LogP) is 0.400. The quantitative estimate of drug-likeness (QED) is 0.572. The van der Waals surface area contributed by atoms with Crippen molar-refractivity contribution < 1.29 is 13.2 Å². The summed E-state index contributed by atoms with van der Waals surface area (Å²) in [5.41, 5.74) is 0. The molecule has 1 rings (SSSR count). The molecule has 1 saturated heterocycles. The van der Waals surface area contributed by atoms with E-state index in [2.05, 4.69) is 0 Å². The van der Waals surface area contributed by atoms with Crippen LogP contribution in [0.3, 0.4) is 0 Å². The highest BCUT2D eigenvalue weighted by molar-refractivity contribution is 7.91. The first-order chi connectivity index (χ1) is 5.14. The molecule has 4 heteroatoms. The Morgan fingerprint density at radius 1 is 1.45 bits per heavy atom. The molecule has 1 unspecified atom stereocenters. The second-order valence-corrected chi connectivity index (χ2v) is 5.25. The van der Waals surface area contributed by atoms with Crippen LogP contribution >= 0.6 is 0 Å². The van der Waals surface area contributed by atoms with Gasteiger partial charge in [0.25, 0.3) is 0 Å². The van der Waals surface area contributed by atoms with Crippen molar-refractivity contribution in [1.82, 2.24) is 0 Å². The summed E-state index contributed by atoms with van der Waals surface area (Å²) in [6.07, 6.45) is 2.82. The maximum Gasteiger partial charge on any atom is 0.150 e. The molecule has 0 aromatic heterocycles. The van der Waals surface area contributed by atoms with E-state index in [9.17, 15) is 13.2 Å². The second kappa shape index (κ2) is 3.34. The van der Waals surface area contributed by atoms with E-state index in [1.165, 1.54) is 0 Å². The number of carbonyl (C=O) groups is 1. The Hall–Kier alpha value is -0.380.